The molecule has 3 heterocycles. The third kappa shape index (κ3) is 3.65. The van der Waals surface area contributed by atoms with Crippen LogP contribution in [0.2, 0.25) is 0 Å². The first kappa shape index (κ1) is 23.4. The van der Waals surface area contributed by atoms with Crippen molar-refractivity contribution in [2.45, 2.75) is 37.5 Å². The molecule has 1 amide bonds. The predicted octanol–water partition coefficient (Wildman–Crippen LogP) is 2.92. The molecule has 1 aromatic carbocycles. The van der Waals surface area contributed by atoms with Crippen LogP contribution in [0.5, 0.6) is 0 Å². The number of benzene rings is 1. The topological polar surface area (TPSA) is 61.2 Å². The lowest BCUT2D eigenvalue weighted by molar-refractivity contribution is -0.130. The van der Waals surface area contributed by atoms with Gasteiger partial charge < -0.3 is 29.1 Å². The van der Waals surface area contributed by atoms with Crippen LogP contribution in [0.3, 0.4) is 0 Å². The Labute approximate surface area is 202 Å². The molecule has 1 fully saturated rings. The van der Waals surface area contributed by atoms with E-state index in [2.05, 4.69) is 73.0 Å². The zero-order chi connectivity index (χ0) is 24.1. The molecule has 3 aliphatic rings. The quantitative estimate of drug-likeness (QED) is 0.734. The van der Waals surface area contributed by atoms with Gasteiger partial charge in [-0.2, -0.15) is 0 Å². The Morgan fingerprint density at radius 1 is 1.24 bits per heavy atom. The van der Waals surface area contributed by atoms with Crippen LogP contribution in [-0.4, -0.2) is 84.3 Å². The zero-order valence-electron chi connectivity index (χ0n) is 21.1. The lowest BCUT2D eigenvalue weighted by Crippen LogP contribution is -2.47. The number of rotatable bonds is 5. The molecule has 1 N–H and O–H groups in total. The summed E-state index contributed by atoms with van der Waals surface area (Å²) in [7, 11) is 10.1. The number of aliphatic hydroxyl groups excluding tert-OH is 1. The maximum atomic E-state index is 13.9. The number of hydrogen-bond acceptors (Lipinski definition) is 5. The van der Waals surface area contributed by atoms with Gasteiger partial charge >= 0.3 is 0 Å². The first-order valence-corrected chi connectivity index (χ1v) is 12.5. The standard InChI is InChI=1S/C27H38N4O3/c1-28(2)14-20-19-13-23(32)26-24(18-10-6-7-11-22(18)30(26)4)25(20)29(3)15-21(19)27(33)31-12-8-9-17(31)16-34-5/h6-7,10-11,15,17,19-20,23,25,32H,8-9,12-14,16H2,1-5H3/t17-,19-,20-,23+,25-/m0/s1. The number of methoxy groups -OCH3 is 1. The molecule has 2 bridgehead atoms. The molecule has 1 aromatic heterocycles. The van der Waals surface area contributed by atoms with Gasteiger partial charge in [0.2, 0.25) is 0 Å². The van der Waals surface area contributed by atoms with Gasteiger partial charge in [-0.1, -0.05) is 18.2 Å². The fraction of sp³-hybridized carbons (Fsp3) is 0.593. The minimum atomic E-state index is -0.622. The molecule has 0 radical (unpaired) electrons. The molecular formula is C27H38N4O3. The molecule has 5 rings (SSSR count). The Morgan fingerprint density at radius 2 is 2.00 bits per heavy atom. The molecule has 1 saturated heterocycles. The minimum absolute atomic E-state index is 0.0129. The van der Waals surface area contributed by atoms with E-state index in [4.69, 9.17) is 4.74 Å². The highest BCUT2D eigenvalue weighted by Gasteiger charge is 2.48. The third-order valence-electron chi connectivity index (χ3n) is 8.20. The molecular weight excluding hydrogens is 428 g/mol. The zero-order valence-corrected chi connectivity index (χ0v) is 21.1. The molecule has 2 aromatic rings. The van der Waals surface area contributed by atoms with E-state index < -0.39 is 6.10 Å². The van der Waals surface area contributed by atoms with Gasteiger partial charge in [0, 0.05) is 68.5 Å². The van der Waals surface area contributed by atoms with Crippen molar-refractivity contribution in [3.63, 3.8) is 0 Å². The Morgan fingerprint density at radius 3 is 2.74 bits per heavy atom. The lowest BCUT2D eigenvalue weighted by atomic mass is 9.74. The molecule has 184 valence electrons. The molecule has 0 spiro atoms. The van der Waals surface area contributed by atoms with E-state index in [1.165, 1.54) is 10.9 Å². The second kappa shape index (κ2) is 9.02. The summed E-state index contributed by atoms with van der Waals surface area (Å²) in [4.78, 5) is 20.4. The van der Waals surface area contributed by atoms with Crippen LogP contribution in [0.1, 0.15) is 42.7 Å². The van der Waals surface area contributed by atoms with E-state index in [0.717, 1.165) is 42.7 Å². The van der Waals surface area contributed by atoms with E-state index in [1.807, 2.05) is 4.90 Å². The van der Waals surface area contributed by atoms with E-state index in [1.54, 1.807) is 7.11 Å². The van der Waals surface area contributed by atoms with E-state index in [9.17, 15) is 9.90 Å². The van der Waals surface area contributed by atoms with Crippen LogP contribution in [-0.2, 0) is 16.6 Å². The van der Waals surface area contributed by atoms with Crippen molar-refractivity contribution in [3.8, 4) is 0 Å². The Hall–Kier alpha value is -2.35. The van der Waals surface area contributed by atoms with Crippen molar-refractivity contribution in [2.24, 2.45) is 18.9 Å². The number of nitrogens with zero attached hydrogens (tertiary/aromatic N) is 4. The molecule has 0 saturated carbocycles. The summed E-state index contributed by atoms with van der Waals surface area (Å²) >= 11 is 0. The molecule has 7 heteroatoms. The molecule has 1 aliphatic carbocycles. The van der Waals surface area contributed by atoms with Crippen molar-refractivity contribution < 1.29 is 14.6 Å². The number of hydrogen-bond donors (Lipinski definition) is 1. The summed E-state index contributed by atoms with van der Waals surface area (Å²) in [5.74, 6) is 0.289. The van der Waals surface area contributed by atoms with Crippen molar-refractivity contribution in [3.05, 3.63) is 47.3 Å². The normalized spacial score (nSPS) is 28.9. The van der Waals surface area contributed by atoms with Crippen molar-refractivity contribution in [1.82, 2.24) is 19.3 Å². The lowest BCUT2D eigenvalue weighted by Gasteiger charge is -2.44. The van der Waals surface area contributed by atoms with Gasteiger partial charge in [-0.05, 0) is 45.3 Å². The van der Waals surface area contributed by atoms with Gasteiger partial charge in [0.15, 0.2) is 0 Å². The number of carbonyl (C=O) groups is 1. The van der Waals surface area contributed by atoms with Crippen LogP contribution >= 0.6 is 0 Å². The SMILES string of the molecule is COC[C@@H]1CCCN1C(=O)C1=CN(C)[C@@H]2c3c(n(C)c4ccccc34)[C@H](O)C[C@H]1[C@@H]2CN(C)C. The number of ether oxygens (including phenoxy) is 1. The number of aryl methyl sites for hydroxylation is 1. The van der Waals surface area contributed by atoms with E-state index in [-0.39, 0.29) is 29.8 Å². The number of carbonyl (C=O) groups excluding carboxylic acids is 1. The van der Waals surface area contributed by atoms with Gasteiger partial charge in [0.05, 0.1) is 30.5 Å². The highest BCUT2D eigenvalue weighted by molar-refractivity contribution is 5.95. The number of fused-ring (bicyclic) bond motifs is 6. The monoisotopic (exact) mass is 466 g/mol. The summed E-state index contributed by atoms with van der Waals surface area (Å²) in [6, 6.07) is 8.66. The van der Waals surface area contributed by atoms with Gasteiger partial charge in [-0.25, -0.2) is 0 Å². The molecule has 5 atom stereocenters. The smallest absolute Gasteiger partial charge is 0.251 e. The summed E-state index contributed by atoms with van der Waals surface area (Å²) in [5, 5.41) is 12.8. The van der Waals surface area contributed by atoms with Gasteiger partial charge in [-0.15, -0.1) is 0 Å². The van der Waals surface area contributed by atoms with Crippen LogP contribution in [0.4, 0.5) is 0 Å². The van der Waals surface area contributed by atoms with Gasteiger partial charge in [-0.3, -0.25) is 4.79 Å². The van der Waals surface area contributed by atoms with Crippen LogP contribution in [0, 0.1) is 11.8 Å². The average molecular weight is 467 g/mol. The van der Waals surface area contributed by atoms with E-state index in [0.29, 0.717) is 13.0 Å². The van der Waals surface area contributed by atoms with Crippen molar-refractivity contribution in [1.29, 1.82) is 0 Å². The van der Waals surface area contributed by atoms with Gasteiger partial charge in [0.25, 0.3) is 5.91 Å². The highest BCUT2D eigenvalue weighted by atomic mass is 16.5. The second-order valence-electron chi connectivity index (χ2n) is 10.6. The number of aromatic nitrogens is 1. The number of amides is 1. The third-order valence-corrected chi connectivity index (χ3v) is 8.20. The summed E-state index contributed by atoms with van der Waals surface area (Å²) in [6.45, 7) is 2.19. The predicted molar refractivity (Wildman–Crippen MR) is 133 cm³/mol. The average Bonchev–Trinajstić information content (AvgIpc) is 3.35. The highest BCUT2D eigenvalue weighted by Crippen LogP contribution is 2.52. The number of likely N-dealkylation sites (tertiary alicyclic amines) is 1. The van der Waals surface area contributed by atoms with Crippen molar-refractivity contribution >= 4 is 16.8 Å². The summed E-state index contributed by atoms with van der Waals surface area (Å²) in [5.41, 5.74) is 4.19. The molecule has 0 unspecified atom stereocenters. The fourth-order valence-corrected chi connectivity index (χ4v) is 6.87. The second-order valence-corrected chi connectivity index (χ2v) is 10.6. The summed E-state index contributed by atoms with van der Waals surface area (Å²) in [6.07, 6.45) is 4.01. The Kier molecular flexibility index (Phi) is 6.21. The Bertz CT molecular complexity index is 1110. The molecule has 2 aliphatic heterocycles. The maximum Gasteiger partial charge on any atom is 0.251 e. The minimum Gasteiger partial charge on any atom is -0.387 e. The first-order chi connectivity index (χ1) is 16.3. The van der Waals surface area contributed by atoms with Crippen LogP contribution in [0.15, 0.2) is 36.0 Å². The Balaban J connectivity index is 1.63. The van der Waals surface area contributed by atoms with E-state index >= 15 is 0 Å². The number of para-hydroxylation sites is 1. The van der Waals surface area contributed by atoms with Crippen molar-refractivity contribution in [2.75, 3.05) is 47.9 Å². The first-order valence-electron chi connectivity index (χ1n) is 12.5. The molecule has 34 heavy (non-hydrogen) atoms. The van der Waals surface area contributed by atoms with Crippen LogP contribution in [0.25, 0.3) is 10.9 Å². The molecule has 7 nitrogen and oxygen atoms in total. The maximum absolute atomic E-state index is 13.9. The van der Waals surface area contributed by atoms with Gasteiger partial charge in [0.1, 0.15) is 0 Å². The van der Waals surface area contributed by atoms with Crippen LogP contribution < -0.4 is 0 Å². The summed E-state index contributed by atoms with van der Waals surface area (Å²) < 4.78 is 7.58. The number of aliphatic hydroxyl groups is 1. The largest absolute Gasteiger partial charge is 0.387 e. The fourth-order valence-electron chi connectivity index (χ4n) is 6.87.